The number of hydrogen-bond donors (Lipinski definition) is 0. The van der Waals surface area contributed by atoms with Gasteiger partial charge >= 0.3 is 6.98 Å². The average Bonchev–Trinajstić information content (AvgIpc) is 3.72. The number of fused-ring (bicyclic) bond motifs is 10. The zero-order valence-corrected chi connectivity index (χ0v) is 25.4. The van der Waals surface area contributed by atoms with Crippen molar-refractivity contribution >= 4 is 12.4 Å². The monoisotopic (exact) mass is 538 g/mol. The van der Waals surface area contributed by atoms with Crippen LogP contribution in [0.15, 0.2) is 30.3 Å². The van der Waals surface area contributed by atoms with Crippen LogP contribution in [-0.4, -0.2) is 40.8 Å². The average molecular weight is 539 g/mol. The summed E-state index contributed by atoms with van der Waals surface area (Å²) in [6.07, 6.45) is 25.8. The summed E-state index contributed by atoms with van der Waals surface area (Å²) < 4.78 is 0. The fourth-order valence-electron chi connectivity index (χ4n) is 13.8. The molecular formula is C37H55BN2. The summed E-state index contributed by atoms with van der Waals surface area (Å²) in [5.74, 6) is 8.92. The zero-order valence-electron chi connectivity index (χ0n) is 25.4. The second-order valence-electron chi connectivity index (χ2n) is 16.5. The third kappa shape index (κ3) is 3.81. The van der Waals surface area contributed by atoms with Crippen molar-refractivity contribution in [1.82, 2.24) is 9.62 Å². The van der Waals surface area contributed by atoms with Crippen molar-refractivity contribution in [3.63, 3.8) is 0 Å². The highest BCUT2D eigenvalue weighted by Gasteiger charge is 2.65. The lowest BCUT2D eigenvalue weighted by molar-refractivity contribution is 0.112. The number of rotatable bonds is 3. The lowest BCUT2D eigenvalue weighted by Crippen LogP contribution is -2.68. The Labute approximate surface area is 245 Å². The molecule has 2 saturated heterocycles. The first-order valence-electron chi connectivity index (χ1n) is 18.4. The van der Waals surface area contributed by atoms with Gasteiger partial charge in [-0.25, -0.2) is 0 Å². The molecule has 1 aromatic rings. The highest BCUT2D eigenvalue weighted by Crippen LogP contribution is 2.61. The van der Waals surface area contributed by atoms with E-state index >= 15 is 0 Å². The van der Waals surface area contributed by atoms with Gasteiger partial charge in [0.25, 0.3) is 0 Å². The van der Waals surface area contributed by atoms with Gasteiger partial charge in [-0.1, -0.05) is 88.6 Å². The van der Waals surface area contributed by atoms with Crippen LogP contribution in [0.5, 0.6) is 0 Å². The van der Waals surface area contributed by atoms with Crippen LogP contribution in [0.1, 0.15) is 116 Å². The van der Waals surface area contributed by atoms with Gasteiger partial charge in [0.1, 0.15) is 0 Å². The Hall–Kier alpha value is -0.795. The van der Waals surface area contributed by atoms with E-state index in [0.717, 1.165) is 77.4 Å². The predicted octanol–water partition coefficient (Wildman–Crippen LogP) is 7.77. The van der Waals surface area contributed by atoms with Crippen LogP contribution in [0, 0.1) is 53.3 Å². The van der Waals surface area contributed by atoms with Gasteiger partial charge in [0.05, 0.1) is 0 Å². The van der Waals surface area contributed by atoms with Crippen molar-refractivity contribution in [1.29, 1.82) is 0 Å². The largest absolute Gasteiger partial charge is 0.347 e. The third-order valence-corrected chi connectivity index (χ3v) is 15.0. The Balaban J connectivity index is 1.18. The molecule has 0 N–H and O–H groups in total. The molecule has 13 unspecified atom stereocenters. The molecule has 2 aliphatic heterocycles. The minimum absolute atomic E-state index is 0.541. The number of nitrogens with zero attached hydrogens (tertiary/aromatic N) is 2. The van der Waals surface area contributed by atoms with Crippen molar-refractivity contribution in [2.24, 2.45) is 53.3 Å². The lowest BCUT2D eigenvalue weighted by Gasteiger charge is -2.50. The minimum Gasteiger partial charge on any atom is -0.318 e. The molecule has 2 heterocycles. The molecule has 0 bridgehead atoms. The smallest absolute Gasteiger partial charge is 0.318 e. The maximum absolute atomic E-state index is 3.36. The summed E-state index contributed by atoms with van der Waals surface area (Å²) >= 11 is 0. The molecule has 40 heavy (non-hydrogen) atoms. The zero-order chi connectivity index (χ0) is 26.4. The molecule has 0 radical (unpaired) electrons. The van der Waals surface area contributed by atoms with E-state index in [9.17, 15) is 0 Å². The Bertz CT molecular complexity index is 1060. The second-order valence-corrected chi connectivity index (χ2v) is 16.5. The van der Waals surface area contributed by atoms with Gasteiger partial charge in [-0.3, -0.25) is 0 Å². The Kier molecular flexibility index (Phi) is 6.51. The summed E-state index contributed by atoms with van der Waals surface area (Å²) in [4.78, 5) is 6.71. The van der Waals surface area contributed by atoms with Gasteiger partial charge in [0.2, 0.25) is 0 Å². The van der Waals surface area contributed by atoms with Crippen molar-refractivity contribution < 1.29 is 0 Å². The van der Waals surface area contributed by atoms with E-state index in [2.05, 4.69) is 46.9 Å². The molecule has 6 aliphatic carbocycles. The molecule has 9 rings (SSSR count). The molecular weight excluding hydrogens is 483 g/mol. The summed E-state index contributed by atoms with van der Waals surface area (Å²) in [7, 11) is 0. The molecule has 6 saturated carbocycles. The van der Waals surface area contributed by atoms with E-state index in [0.29, 0.717) is 6.98 Å². The normalized spacial score (nSPS) is 50.0. The summed E-state index contributed by atoms with van der Waals surface area (Å²) in [6.45, 7) is 3.13. The van der Waals surface area contributed by atoms with Crippen LogP contribution >= 0.6 is 0 Å². The highest BCUT2D eigenvalue weighted by molar-refractivity contribution is 6.68. The van der Waals surface area contributed by atoms with Crippen LogP contribution in [0.25, 0.3) is 0 Å². The summed E-state index contributed by atoms with van der Waals surface area (Å²) in [5, 5.41) is 0. The van der Waals surface area contributed by atoms with Gasteiger partial charge in [0, 0.05) is 24.2 Å². The Morgan fingerprint density at radius 2 is 1.07 bits per heavy atom. The van der Waals surface area contributed by atoms with Crippen LogP contribution in [0.2, 0.25) is 0 Å². The summed E-state index contributed by atoms with van der Waals surface area (Å²) in [6, 6.07) is 15.6. The van der Waals surface area contributed by atoms with Gasteiger partial charge in [-0.2, -0.15) is 0 Å². The number of benzene rings is 1. The van der Waals surface area contributed by atoms with Gasteiger partial charge < -0.3 is 9.62 Å². The Morgan fingerprint density at radius 3 is 1.75 bits per heavy atom. The van der Waals surface area contributed by atoms with E-state index in [1.807, 2.05) is 0 Å². The van der Waals surface area contributed by atoms with Crippen molar-refractivity contribution in [3.8, 4) is 0 Å². The van der Waals surface area contributed by atoms with E-state index in [4.69, 9.17) is 0 Å². The second kappa shape index (κ2) is 10.1. The maximum Gasteiger partial charge on any atom is 0.347 e. The molecule has 8 fully saturated rings. The van der Waals surface area contributed by atoms with E-state index < -0.39 is 0 Å². The molecule has 3 heteroatoms. The first-order valence-corrected chi connectivity index (χ1v) is 18.4. The Morgan fingerprint density at radius 1 is 0.525 bits per heavy atom. The minimum atomic E-state index is 0.541. The van der Waals surface area contributed by atoms with E-state index in [-0.39, 0.29) is 0 Å². The quantitative estimate of drug-likeness (QED) is 0.363. The first-order chi connectivity index (χ1) is 19.8. The molecule has 0 spiro atoms. The molecule has 216 valence electrons. The topological polar surface area (TPSA) is 6.48 Å². The predicted molar refractivity (Wildman–Crippen MR) is 166 cm³/mol. The molecule has 13 atom stereocenters. The number of hydrogen-bond acceptors (Lipinski definition) is 2. The third-order valence-electron chi connectivity index (χ3n) is 15.0. The molecule has 1 aromatic carbocycles. The van der Waals surface area contributed by atoms with Crippen molar-refractivity contribution in [2.75, 3.05) is 0 Å². The van der Waals surface area contributed by atoms with Crippen LogP contribution < -0.4 is 5.46 Å². The highest BCUT2D eigenvalue weighted by atomic mass is 15.3. The standard InChI is InChI=1S/C37H55BN2/c1-24-19-20-26-23-33-30-16-8-10-18-35(30)40(37(33)31(26)21-24)38(27-12-3-2-4-13-27)39-34-17-9-7-15-29(34)32-22-25-11-5-6-14-28(25)36(32)39/h2-4,12-13,24-26,28-37H,5-11,14-23H2,1H3. The lowest BCUT2D eigenvalue weighted by atomic mass is 9.59. The molecule has 0 aromatic heterocycles. The van der Waals surface area contributed by atoms with Crippen molar-refractivity contribution in [2.45, 2.75) is 140 Å². The molecule has 8 aliphatic rings. The fourth-order valence-corrected chi connectivity index (χ4v) is 13.8. The van der Waals surface area contributed by atoms with E-state index in [1.54, 1.807) is 24.7 Å². The SMILES string of the molecule is CC1CCC2CC3C4CCCCC4N(B(c4ccccc4)N4C5CCCCC5C5CC6CCCCC6C54)C3C2C1. The van der Waals surface area contributed by atoms with Gasteiger partial charge in [-0.15, -0.1) is 0 Å². The van der Waals surface area contributed by atoms with Gasteiger partial charge in [-0.05, 0) is 117 Å². The first kappa shape index (κ1) is 25.7. The fraction of sp³-hybridized carbons (Fsp3) is 0.838. The van der Waals surface area contributed by atoms with Crippen LogP contribution in [0.4, 0.5) is 0 Å². The van der Waals surface area contributed by atoms with Crippen LogP contribution in [-0.2, 0) is 0 Å². The van der Waals surface area contributed by atoms with E-state index in [1.165, 1.54) is 89.9 Å². The van der Waals surface area contributed by atoms with Gasteiger partial charge in [0.15, 0.2) is 0 Å². The molecule has 0 amide bonds. The van der Waals surface area contributed by atoms with Crippen LogP contribution in [0.3, 0.4) is 0 Å². The van der Waals surface area contributed by atoms with Crippen molar-refractivity contribution in [3.05, 3.63) is 30.3 Å². The molecule has 2 nitrogen and oxygen atoms in total. The maximum atomic E-state index is 3.36. The summed E-state index contributed by atoms with van der Waals surface area (Å²) in [5.41, 5.74) is 1.67.